The number of sulfone groups is 1. The second-order valence-corrected chi connectivity index (χ2v) is 6.87. The fourth-order valence-corrected chi connectivity index (χ4v) is 2.66. The van der Waals surface area contributed by atoms with E-state index in [2.05, 4.69) is 17.2 Å². The third-order valence-corrected chi connectivity index (χ3v) is 3.81. The first-order chi connectivity index (χ1) is 8.42. The van der Waals surface area contributed by atoms with Gasteiger partial charge in [-0.3, -0.25) is 4.98 Å². The molecule has 0 aliphatic carbocycles. The molecule has 1 heterocycles. The molecule has 1 aromatic heterocycles. The van der Waals surface area contributed by atoms with Gasteiger partial charge in [-0.2, -0.15) is 0 Å². The van der Waals surface area contributed by atoms with Gasteiger partial charge in [0.05, 0.1) is 0 Å². The number of pyridine rings is 1. The second kappa shape index (κ2) is 6.85. The Morgan fingerprint density at radius 2 is 2.17 bits per heavy atom. The minimum Gasteiger partial charge on any atom is -0.310 e. The first-order valence-corrected chi connectivity index (χ1v) is 8.32. The standard InChI is InChI=1S/C13H22N2O2S/c1-4-14-13(6-5-9-18(3,16)17)12-7-8-15-11(2)10-12/h7-8,10,13-14H,4-6,9H2,1-3H3. The molecule has 0 bridgehead atoms. The van der Waals surface area contributed by atoms with E-state index < -0.39 is 9.84 Å². The zero-order chi connectivity index (χ0) is 13.6. The molecular weight excluding hydrogens is 248 g/mol. The number of nitrogens with zero attached hydrogens (tertiary/aromatic N) is 1. The summed E-state index contributed by atoms with van der Waals surface area (Å²) in [6.07, 6.45) is 4.58. The van der Waals surface area contributed by atoms with Crippen LogP contribution >= 0.6 is 0 Å². The van der Waals surface area contributed by atoms with E-state index in [0.29, 0.717) is 6.42 Å². The molecule has 4 nitrogen and oxygen atoms in total. The van der Waals surface area contributed by atoms with Gasteiger partial charge in [0.15, 0.2) is 0 Å². The predicted octanol–water partition coefficient (Wildman–Crippen LogP) is 1.87. The highest BCUT2D eigenvalue weighted by atomic mass is 32.2. The highest BCUT2D eigenvalue weighted by Gasteiger charge is 2.12. The van der Waals surface area contributed by atoms with Crippen molar-refractivity contribution in [1.29, 1.82) is 0 Å². The third-order valence-electron chi connectivity index (χ3n) is 2.78. The average molecular weight is 270 g/mol. The predicted molar refractivity (Wildman–Crippen MR) is 74.3 cm³/mol. The van der Waals surface area contributed by atoms with Crippen molar-refractivity contribution >= 4 is 9.84 Å². The molecule has 0 aliphatic rings. The van der Waals surface area contributed by atoms with Crippen molar-refractivity contribution in [2.75, 3.05) is 18.6 Å². The molecular formula is C13H22N2O2S. The maximum absolute atomic E-state index is 11.1. The van der Waals surface area contributed by atoms with Crippen LogP contribution in [0.5, 0.6) is 0 Å². The summed E-state index contributed by atoms with van der Waals surface area (Å²) >= 11 is 0. The van der Waals surface area contributed by atoms with E-state index in [4.69, 9.17) is 0 Å². The molecule has 1 unspecified atom stereocenters. The average Bonchev–Trinajstić information content (AvgIpc) is 2.26. The van der Waals surface area contributed by atoms with Crippen LogP contribution in [0.15, 0.2) is 18.3 Å². The zero-order valence-electron chi connectivity index (χ0n) is 11.3. The molecule has 0 spiro atoms. The van der Waals surface area contributed by atoms with Gasteiger partial charge in [0.25, 0.3) is 0 Å². The van der Waals surface area contributed by atoms with Crippen molar-refractivity contribution in [2.45, 2.75) is 32.7 Å². The summed E-state index contributed by atoms with van der Waals surface area (Å²) in [6, 6.07) is 4.24. The van der Waals surface area contributed by atoms with Gasteiger partial charge in [-0.1, -0.05) is 6.92 Å². The molecule has 1 atom stereocenters. The van der Waals surface area contributed by atoms with Gasteiger partial charge in [0, 0.05) is 29.9 Å². The molecule has 18 heavy (non-hydrogen) atoms. The van der Waals surface area contributed by atoms with Crippen LogP contribution in [0.25, 0.3) is 0 Å². The van der Waals surface area contributed by atoms with Crippen LogP contribution in [0, 0.1) is 6.92 Å². The Bertz CT molecular complexity index is 472. The summed E-state index contributed by atoms with van der Waals surface area (Å²) in [6.45, 7) is 4.88. The molecule has 1 rings (SSSR count). The second-order valence-electron chi connectivity index (χ2n) is 4.61. The molecule has 0 aromatic carbocycles. The van der Waals surface area contributed by atoms with E-state index >= 15 is 0 Å². The van der Waals surface area contributed by atoms with E-state index in [1.54, 1.807) is 6.20 Å². The fraction of sp³-hybridized carbons (Fsp3) is 0.615. The Labute approximate surface area is 110 Å². The fourth-order valence-electron chi connectivity index (χ4n) is 1.97. The Morgan fingerprint density at radius 3 is 2.72 bits per heavy atom. The van der Waals surface area contributed by atoms with E-state index in [1.807, 2.05) is 19.1 Å². The number of nitrogens with one attached hydrogen (secondary N) is 1. The van der Waals surface area contributed by atoms with Gasteiger partial charge >= 0.3 is 0 Å². The molecule has 0 saturated carbocycles. The number of aryl methyl sites for hydroxylation is 1. The van der Waals surface area contributed by atoms with Crippen molar-refractivity contribution < 1.29 is 8.42 Å². The molecule has 0 aliphatic heterocycles. The Kier molecular flexibility index (Phi) is 5.75. The molecule has 0 fully saturated rings. The lowest BCUT2D eigenvalue weighted by Gasteiger charge is -2.18. The topological polar surface area (TPSA) is 59.1 Å². The van der Waals surface area contributed by atoms with Crippen LogP contribution in [-0.2, 0) is 9.84 Å². The first-order valence-electron chi connectivity index (χ1n) is 6.26. The van der Waals surface area contributed by atoms with Gasteiger partial charge in [-0.25, -0.2) is 8.42 Å². The van der Waals surface area contributed by atoms with Crippen LogP contribution < -0.4 is 5.32 Å². The van der Waals surface area contributed by atoms with Gasteiger partial charge in [-0.15, -0.1) is 0 Å². The molecule has 5 heteroatoms. The van der Waals surface area contributed by atoms with Crippen LogP contribution in [0.2, 0.25) is 0 Å². The molecule has 0 amide bonds. The highest BCUT2D eigenvalue weighted by molar-refractivity contribution is 7.90. The van der Waals surface area contributed by atoms with Crippen LogP contribution in [0.4, 0.5) is 0 Å². The lowest BCUT2D eigenvalue weighted by molar-refractivity contribution is 0.506. The van der Waals surface area contributed by atoms with Crippen molar-refractivity contribution in [1.82, 2.24) is 10.3 Å². The normalized spacial score (nSPS) is 13.5. The lowest BCUT2D eigenvalue weighted by Crippen LogP contribution is -2.21. The van der Waals surface area contributed by atoms with E-state index in [1.165, 1.54) is 11.8 Å². The minimum atomic E-state index is -2.87. The van der Waals surface area contributed by atoms with Crippen LogP contribution in [-0.4, -0.2) is 32.0 Å². The number of hydrogen-bond donors (Lipinski definition) is 1. The SMILES string of the molecule is CCNC(CCCS(C)(=O)=O)c1ccnc(C)c1. The van der Waals surface area contributed by atoms with E-state index in [0.717, 1.165) is 18.7 Å². The maximum Gasteiger partial charge on any atom is 0.147 e. The first kappa shape index (κ1) is 15.1. The molecule has 1 N–H and O–H groups in total. The Morgan fingerprint density at radius 1 is 1.44 bits per heavy atom. The highest BCUT2D eigenvalue weighted by Crippen LogP contribution is 2.19. The van der Waals surface area contributed by atoms with Crippen molar-refractivity contribution in [3.05, 3.63) is 29.6 Å². The molecule has 1 aromatic rings. The summed E-state index contributed by atoms with van der Waals surface area (Å²) in [7, 11) is -2.87. The smallest absolute Gasteiger partial charge is 0.147 e. The van der Waals surface area contributed by atoms with Gasteiger partial charge < -0.3 is 5.32 Å². The summed E-state index contributed by atoms with van der Waals surface area (Å²) in [5.74, 6) is 0.249. The molecule has 102 valence electrons. The van der Waals surface area contributed by atoms with E-state index in [9.17, 15) is 8.42 Å². The summed E-state index contributed by atoms with van der Waals surface area (Å²) < 4.78 is 22.3. The Hall–Kier alpha value is -0.940. The number of aromatic nitrogens is 1. The number of hydrogen-bond acceptors (Lipinski definition) is 4. The zero-order valence-corrected chi connectivity index (χ0v) is 12.1. The van der Waals surface area contributed by atoms with Gasteiger partial charge in [-0.05, 0) is 44.0 Å². The molecule has 0 saturated heterocycles. The van der Waals surface area contributed by atoms with E-state index in [-0.39, 0.29) is 11.8 Å². The minimum absolute atomic E-state index is 0.207. The Balaban J connectivity index is 2.65. The van der Waals surface area contributed by atoms with Crippen molar-refractivity contribution in [3.8, 4) is 0 Å². The summed E-state index contributed by atoms with van der Waals surface area (Å²) in [4.78, 5) is 4.18. The van der Waals surface area contributed by atoms with Crippen molar-refractivity contribution in [3.63, 3.8) is 0 Å². The molecule has 0 radical (unpaired) electrons. The maximum atomic E-state index is 11.1. The summed E-state index contributed by atoms with van der Waals surface area (Å²) in [5.41, 5.74) is 2.16. The third kappa shape index (κ3) is 5.60. The van der Waals surface area contributed by atoms with Gasteiger partial charge in [0.1, 0.15) is 9.84 Å². The summed E-state index contributed by atoms with van der Waals surface area (Å²) in [5, 5.41) is 3.39. The largest absolute Gasteiger partial charge is 0.310 e. The van der Waals surface area contributed by atoms with Gasteiger partial charge in [0.2, 0.25) is 0 Å². The number of rotatable bonds is 7. The van der Waals surface area contributed by atoms with Crippen molar-refractivity contribution in [2.24, 2.45) is 0 Å². The lowest BCUT2D eigenvalue weighted by atomic mass is 10.0. The monoisotopic (exact) mass is 270 g/mol. The van der Waals surface area contributed by atoms with Crippen LogP contribution in [0.1, 0.15) is 37.1 Å². The quantitative estimate of drug-likeness (QED) is 0.821. The van der Waals surface area contributed by atoms with Crippen LogP contribution in [0.3, 0.4) is 0 Å².